The van der Waals surface area contributed by atoms with Crippen LogP contribution in [-0.4, -0.2) is 48.1 Å². The molecule has 2 rings (SSSR count). The first-order valence-electron chi connectivity index (χ1n) is 6.74. The summed E-state index contributed by atoms with van der Waals surface area (Å²) >= 11 is 0. The van der Waals surface area contributed by atoms with E-state index in [1.165, 1.54) is 0 Å². The average molecular weight is 263 g/mol. The maximum absolute atomic E-state index is 12.3. The minimum absolute atomic E-state index is 0.0600. The summed E-state index contributed by atoms with van der Waals surface area (Å²) in [6.07, 6.45) is 3.65. The molecule has 5 heteroatoms. The smallest absolute Gasteiger partial charge is 0.255 e. The fourth-order valence-electron chi connectivity index (χ4n) is 2.24. The summed E-state index contributed by atoms with van der Waals surface area (Å²) in [6, 6.07) is 3.70. The fourth-order valence-corrected chi connectivity index (χ4v) is 2.24. The third-order valence-electron chi connectivity index (χ3n) is 3.36. The predicted molar refractivity (Wildman–Crippen MR) is 72.9 cm³/mol. The molecule has 0 aliphatic carbocycles. The summed E-state index contributed by atoms with van der Waals surface area (Å²) in [5.74, 6) is 0.0600. The van der Waals surface area contributed by atoms with Crippen molar-refractivity contribution in [3.05, 3.63) is 29.6 Å². The molecule has 1 aliphatic rings. The molecule has 1 saturated heterocycles. The molecule has 19 heavy (non-hydrogen) atoms. The summed E-state index contributed by atoms with van der Waals surface area (Å²) in [5.41, 5.74) is 6.99. The van der Waals surface area contributed by atoms with Gasteiger partial charge in [0.05, 0.1) is 18.3 Å². The largest absolute Gasteiger partial charge is 0.377 e. The summed E-state index contributed by atoms with van der Waals surface area (Å²) in [4.78, 5) is 18.3. The number of amides is 1. The van der Waals surface area contributed by atoms with Crippen molar-refractivity contribution in [2.45, 2.75) is 25.9 Å². The van der Waals surface area contributed by atoms with Crippen molar-refractivity contribution in [3.8, 4) is 0 Å². The number of carbonyl (C=O) groups excluding carboxylic acids is 1. The predicted octanol–water partition coefficient (Wildman–Crippen LogP) is 0.970. The molecule has 5 nitrogen and oxygen atoms in total. The number of ether oxygens (including phenoxy) is 1. The number of aryl methyl sites for hydroxylation is 1. The maximum atomic E-state index is 12.3. The zero-order chi connectivity index (χ0) is 13.7. The van der Waals surface area contributed by atoms with E-state index in [0.29, 0.717) is 18.7 Å². The summed E-state index contributed by atoms with van der Waals surface area (Å²) in [6.45, 7) is 4.53. The molecule has 0 radical (unpaired) electrons. The van der Waals surface area contributed by atoms with Gasteiger partial charge in [-0.1, -0.05) is 0 Å². The van der Waals surface area contributed by atoms with Crippen LogP contribution < -0.4 is 5.73 Å². The number of rotatable bonds is 4. The Morgan fingerprint density at radius 1 is 1.47 bits per heavy atom. The topological polar surface area (TPSA) is 68.5 Å². The van der Waals surface area contributed by atoms with E-state index in [4.69, 9.17) is 10.5 Å². The van der Waals surface area contributed by atoms with E-state index < -0.39 is 0 Å². The lowest BCUT2D eigenvalue weighted by molar-refractivity contribution is 0.0121. The second-order valence-electron chi connectivity index (χ2n) is 4.84. The molecule has 0 bridgehead atoms. The van der Waals surface area contributed by atoms with Crippen molar-refractivity contribution in [1.29, 1.82) is 0 Å². The number of carbonyl (C=O) groups is 1. The number of piperidine rings is 1. The molecule has 1 aromatic heterocycles. The molecule has 0 aromatic carbocycles. The van der Waals surface area contributed by atoms with Crippen molar-refractivity contribution in [1.82, 2.24) is 9.88 Å². The van der Waals surface area contributed by atoms with E-state index >= 15 is 0 Å². The number of hydrogen-bond acceptors (Lipinski definition) is 4. The highest BCUT2D eigenvalue weighted by Gasteiger charge is 2.23. The van der Waals surface area contributed by atoms with Crippen molar-refractivity contribution >= 4 is 5.91 Å². The number of aromatic nitrogens is 1. The summed E-state index contributed by atoms with van der Waals surface area (Å²) < 4.78 is 5.61. The van der Waals surface area contributed by atoms with E-state index in [-0.39, 0.29) is 12.0 Å². The number of nitrogens with zero attached hydrogens (tertiary/aromatic N) is 2. The van der Waals surface area contributed by atoms with Crippen LogP contribution >= 0.6 is 0 Å². The van der Waals surface area contributed by atoms with Crippen molar-refractivity contribution in [2.75, 3.05) is 26.2 Å². The monoisotopic (exact) mass is 263 g/mol. The average Bonchev–Trinajstić information content (AvgIpc) is 2.46. The number of hydrogen-bond donors (Lipinski definition) is 1. The molecule has 0 saturated carbocycles. The minimum Gasteiger partial charge on any atom is -0.377 e. The van der Waals surface area contributed by atoms with Crippen LogP contribution in [0.5, 0.6) is 0 Å². The summed E-state index contributed by atoms with van der Waals surface area (Å²) in [7, 11) is 0. The van der Waals surface area contributed by atoms with E-state index in [1.54, 1.807) is 6.20 Å². The van der Waals surface area contributed by atoms with E-state index in [9.17, 15) is 4.79 Å². The first-order valence-corrected chi connectivity index (χ1v) is 6.74. The Kier molecular flexibility index (Phi) is 4.87. The molecule has 0 atom stereocenters. The van der Waals surface area contributed by atoms with Gasteiger partial charge in [-0.15, -0.1) is 0 Å². The normalized spacial score (nSPS) is 16.6. The molecular formula is C14H21N3O2. The van der Waals surface area contributed by atoms with Gasteiger partial charge in [0.25, 0.3) is 5.91 Å². The van der Waals surface area contributed by atoms with Gasteiger partial charge in [-0.2, -0.15) is 0 Å². The molecule has 1 amide bonds. The third kappa shape index (κ3) is 3.75. The number of likely N-dealkylation sites (tertiary alicyclic amines) is 1. The highest BCUT2D eigenvalue weighted by atomic mass is 16.5. The molecule has 1 fully saturated rings. The zero-order valence-electron chi connectivity index (χ0n) is 11.3. The number of pyridine rings is 1. The van der Waals surface area contributed by atoms with Crippen LogP contribution in [0.25, 0.3) is 0 Å². The Balaban J connectivity index is 1.87. The Morgan fingerprint density at radius 3 is 2.79 bits per heavy atom. The van der Waals surface area contributed by atoms with Gasteiger partial charge < -0.3 is 15.4 Å². The Morgan fingerprint density at radius 2 is 2.21 bits per heavy atom. The molecule has 0 spiro atoms. The molecule has 2 heterocycles. The van der Waals surface area contributed by atoms with Gasteiger partial charge in [-0.05, 0) is 31.9 Å². The first-order chi connectivity index (χ1) is 9.20. The molecule has 2 N–H and O–H groups in total. The molecule has 0 unspecified atom stereocenters. The van der Waals surface area contributed by atoms with Crippen LogP contribution in [0.15, 0.2) is 18.3 Å². The fraction of sp³-hybridized carbons (Fsp3) is 0.571. The molecular weight excluding hydrogens is 242 g/mol. The van der Waals surface area contributed by atoms with Gasteiger partial charge in [0.1, 0.15) is 0 Å². The second-order valence-corrected chi connectivity index (χ2v) is 4.84. The zero-order valence-corrected chi connectivity index (χ0v) is 11.3. The SMILES string of the molecule is Cc1ccc(C(=O)N2CCC(OCCN)CC2)cn1. The first kappa shape index (κ1) is 14.0. The standard InChI is InChI=1S/C14H21N3O2/c1-11-2-3-12(10-16-11)14(18)17-7-4-13(5-8-17)19-9-6-15/h2-3,10,13H,4-9,15H2,1H3. The molecule has 1 aromatic rings. The van der Waals surface area contributed by atoms with E-state index in [0.717, 1.165) is 31.6 Å². The molecule has 104 valence electrons. The lowest BCUT2D eigenvalue weighted by Crippen LogP contribution is -2.41. The van der Waals surface area contributed by atoms with Gasteiger partial charge in [0, 0.05) is 31.5 Å². The Hall–Kier alpha value is -1.46. The van der Waals surface area contributed by atoms with Gasteiger partial charge in [0.2, 0.25) is 0 Å². The van der Waals surface area contributed by atoms with Gasteiger partial charge >= 0.3 is 0 Å². The Labute approximate surface area is 113 Å². The lowest BCUT2D eigenvalue weighted by atomic mass is 10.1. The minimum atomic E-state index is 0.0600. The quantitative estimate of drug-likeness (QED) is 0.879. The van der Waals surface area contributed by atoms with Crippen molar-refractivity contribution in [2.24, 2.45) is 5.73 Å². The highest BCUT2D eigenvalue weighted by molar-refractivity contribution is 5.93. The van der Waals surface area contributed by atoms with Crippen LogP contribution in [0.1, 0.15) is 28.9 Å². The Bertz CT molecular complexity index is 411. The van der Waals surface area contributed by atoms with Crippen LogP contribution in [0.4, 0.5) is 0 Å². The summed E-state index contributed by atoms with van der Waals surface area (Å²) in [5, 5.41) is 0. The number of nitrogens with two attached hydrogens (primary N) is 1. The second kappa shape index (κ2) is 6.63. The van der Waals surface area contributed by atoms with Crippen LogP contribution in [0.2, 0.25) is 0 Å². The van der Waals surface area contributed by atoms with Gasteiger partial charge in [-0.3, -0.25) is 9.78 Å². The van der Waals surface area contributed by atoms with Gasteiger partial charge in [-0.25, -0.2) is 0 Å². The van der Waals surface area contributed by atoms with Gasteiger partial charge in [0.15, 0.2) is 0 Å². The lowest BCUT2D eigenvalue weighted by Gasteiger charge is -2.31. The maximum Gasteiger partial charge on any atom is 0.255 e. The van der Waals surface area contributed by atoms with E-state index in [2.05, 4.69) is 4.98 Å². The van der Waals surface area contributed by atoms with Crippen LogP contribution in [-0.2, 0) is 4.74 Å². The van der Waals surface area contributed by atoms with Crippen LogP contribution in [0, 0.1) is 6.92 Å². The van der Waals surface area contributed by atoms with Crippen molar-refractivity contribution < 1.29 is 9.53 Å². The molecule has 1 aliphatic heterocycles. The van der Waals surface area contributed by atoms with Crippen LogP contribution in [0.3, 0.4) is 0 Å². The van der Waals surface area contributed by atoms with Crippen molar-refractivity contribution in [3.63, 3.8) is 0 Å². The van der Waals surface area contributed by atoms with E-state index in [1.807, 2.05) is 24.0 Å². The third-order valence-corrected chi connectivity index (χ3v) is 3.36. The highest BCUT2D eigenvalue weighted by Crippen LogP contribution is 2.16.